The van der Waals surface area contributed by atoms with Crippen molar-refractivity contribution in [3.8, 4) is 0 Å². The van der Waals surface area contributed by atoms with E-state index in [1.807, 2.05) is 19.0 Å². The van der Waals surface area contributed by atoms with Gasteiger partial charge < -0.3 is 20.1 Å². The number of aromatic nitrogens is 3. The molecule has 0 saturated heterocycles. The fourth-order valence-corrected chi connectivity index (χ4v) is 6.02. The quantitative estimate of drug-likeness (QED) is 0.413. The number of thiazole rings is 1. The van der Waals surface area contributed by atoms with Crippen LogP contribution in [0.2, 0.25) is 0 Å². The zero-order chi connectivity index (χ0) is 22.3. The Labute approximate surface area is 189 Å². The molecule has 0 aliphatic carbocycles. The average molecular weight is 478 g/mol. The molecule has 0 saturated carbocycles. The molecule has 0 atom stereocenters. The molecule has 31 heavy (non-hydrogen) atoms. The number of anilines is 2. The van der Waals surface area contributed by atoms with Crippen molar-refractivity contribution in [2.75, 3.05) is 31.3 Å². The number of hydrogen-bond acceptors (Lipinski definition) is 12. The minimum Gasteiger partial charge on any atom is -0.462 e. The molecule has 9 nitrogen and oxygen atoms in total. The second kappa shape index (κ2) is 8.36. The largest absolute Gasteiger partial charge is 0.462 e. The fraction of sp³-hybridized carbons (Fsp3) is 0.316. The van der Waals surface area contributed by atoms with Crippen molar-refractivity contribution in [1.82, 2.24) is 15.0 Å². The van der Waals surface area contributed by atoms with Gasteiger partial charge in [-0.2, -0.15) is 0 Å². The summed E-state index contributed by atoms with van der Waals surface area (Å²) in [4.78, 5) is 41.9. The predicted molar refractivity (Wildman–Crippen MR) is 123 cm³/mol. The Balaban J connectivity index is 1.52. The highest BCUT2D eigenvalue weighted by Gasteiger charge is 2.21. The maximum Gasteiger partial charge on any atom is 0.348 e. The first kappa shape index (κ1) is 21.4. The topological polar surface area (TPSA) is 121 Å². The van der Waals surface area contributed by atoms with E-state index >= 15 is 0 Å². The molecular formula is C19H19N5O4S3. The number of nitrogens with two attached hydrogens (primary N) is 1. The summed E-state index contributed by atoms with van der Waals surface area (Å²) >= 11 is 3.98. The van der Waals surface area contributed by atoms with Gasteiger partial charge in [0.15, 0.2) is 17.6 Å². The minimum absolute atomic E-state index is 0.132. The molecule has 4 aromatic heterocycles. The van der Waals surface area contributed by atoms with Crippen LogP contribution in [0.5, 0.6) is 0 Å². The number of esters is 2. The van der Waals surface area contributed by atoms with Gasteiger partial charge in [-0.3, -0.25) is 0 Å². The third-order valence-corrected chi connectivity index (χ3v) is 7.79. The highest BCUT2D eigenvalue weighted by molar-refractivity contribution is 7.29. The number of fused-ring (bicyclic) bond motifs is 2. The smallest absolute Gasteiger partial charge is 0.348 e. The standard InChI is InChI=1S/C19H19N5O4S3/c1-5-27-18(26)13-8(2)12-14(20)21-11(22-16(12)31-13)7-28-17(25)10-6-9-15(29-10)23-19(30-9)24(3)4/h6H,5,7H2,1-4H3,(H2,20,21,22). The van der Waals surface area contributed by atoms with E-state index in [9.17, 15) is 9.59 Å². The van der Waals surface area contributed by atoms with Crippen LogP contribution in [-0.2, 0) is 16.1 Å². The number of carbonyl (C=O) groups is 2. The molecule has 0 spiro atoms. The highest BCUT2D eigenvalue weighted by atomic mass is 32.1. The number of nitrogens with zero attached hydrogens (tertiary/aromatic N) is 4. The molecule has 0 fully saturated rings. The normalized spacial score (nSPS) is 11.2. The minimum atomic E-state index is -0.474. The molecule has 0 aromatic carbocycles. The number of aryl methyl sites for hydroxylation is 1. The van der Waals surface area contributed by atoms with Gasteiger partial charge in [-0.25, -0.2) is 24.5 Å². The van der Waals surface area contributed by atoms with Crippen LogP contribution in [0.25, 0.3) is 19.7 Å². The zero-order valence-corrected chi connectivity index (χ0v) is 19.7. The van der Waals surface area contributed by atoms with Crippen molar-refractivity contribution < 1.29 is 19.1 Å². The van der Waals surface area contributed by atoms with Crippen LogP contribution in [0.15, 0.2) is 6.07 Å². The summed E-state index contributed by atoms with van der Waals surface area (Å²) in [6, 6.07) is 1.78. The predicted octanol–water partition coefficient (Wildman–Crippen LogP) is 3.85. The van der Waals surface area contributed by atoms with Crippen LogP contribution in [0, 0.1) is 6.92 Å². The van der Waals surface area contributed by atoms with Crippen molar-refractivity contribution in [2.24, 2.45) is 0 Å². The first-order valence-electron chi connectivity index (χ1n) is 9.25. The van der Waals surface area contributed by atoms with E-state index in [4.69, 9.17) is 15.2 Å². The summed E-state index contributed by atoms with van der Waals surface area (Å²) < 4.78 is 11.4. The Morgan fingerprint density at radius 1 is 1.06 bits per heavy atom. The molecule has 4 aromatic rings. The SMILES string of the molecule is CCOC(=O)c1sc2nc(COC(=O)c3cc4sc(N(C)C)nc4s3)nc(N)c2c1C. The second-order valence-corrected chi connectivity index (χ2v) is 9.77. The lowest BCUT2D eigenvalue weighted by molar-refractivity contribution is 0.0467. The molecule has 12 heteroatoms. The molecule has 0 aliphatic rings. The molecule has 162 valence electrons. The van der Waals surface area contributed by atoms with Crippen molar-refractivity contribution in [2.45, 2.75) is 20.5 Å². The number of ether oxygens (including phenoxy) is 2. The Kier molecular flexibility index (Phi) is 5.77. The number of carbonyl (C=O) groups excluding carboxylic acids is 2. The summed E-state index contributed by atoms with van der Waals surface area (Å²) in [7, 11) is 3.84. The Morgan fingerprint density at radius 3 is 2.52 bits per heavy atom. The summed E-state index contributed by atoms with van der Waals surface area (Å²) in [6.45, 7) is 3.67. The second-order valence-electron chi connectivity index (χ2n) is 6.73. The maximum atomic E-state index is 12.5. The number of rotatable bonds is 6. The van der Waals surface area contributed by atoms with Gasteiger partial charge in [-0.05, 0) is 25.5 Å². The van der Waals surface area contributed by atoms with Gasteiger partial charge in [0, 0.05) is 14.1 Å². The lowest BCUT2D eigenvalue weighted by Gasteiger charge is -2.05. The van der Waals surface area contributed by atoms with Crippen LogP contribution in [0.3, 0.4) is 0 Å². The lowest BCUT2D eigenvalue weighted by Crippen LogP contribution is -2.08. The van der Waals surface area contributed by atoms with Crippen LogP contribution in [0.1, 0.15) is 37.7 Å². The van der Waals surface area contributed by atoms with Crippen LogP contribution >= 0.6 is 34.0 Å². The lowest BCUT2D eigenvalue weighted by atomic mass is 10.2. The van der Waals surface area contributed by atoms with Crippen molar-refractivity contribution in [3.05, 3.63) is 27.2 Å². The Bertz CT molecular complexity index is 1280. The first-order valence-corrected chi connectivity index (χ1v) is 11.7. The molecule has 2 N–H and O–H groups in total. The van der Waals surface area contributed by atoms with Crippen molar-refractivity contribution >= 4 is 76.6 Å². The molecular weight excluding hydrogens is 458 g/mol. The van der Waals surface area contributed by atoms with Crippen LogP contribution in [-0.4, -0.2) is 47.6 Å². The van der Waals surface area contributed by atoms with Gasteiger partial charge in [-0.15, -0.1) is 22.7 Å². The van der Waals surface area contributed by atoms with Gasteiger partial charge in [0.05, 0.1) is 16.7 Å². The highest BCUT2D eigenvalue weighted by Crippen LogP contribution is 2.35. The fourth-order valence-electron chi connectivity index (χ4n) is 2.89. The van der Waals surface area contributed by atoms with E-state index in [1.54, 1.807) is 19.9 Å². The van der Waals surface area contributed by atoms with E-state index in [2.05, 4.69) is 15.0 Å². The van der Waals surface area contributed by atoms with Gasteiger partial charge in [0.25, 0.3) is 0 Å². The number of nitrogen functional groups attached to an aromatic ring is 1. The summed E-state index contributed by atoms with van der Waals surface area (Å²) in [5, 5.41) is 1.50. The first-order chi connectivity index (χ1) is 14.8. The molecule has 0 aliphatic heterocycles. The monoisotopic (exact) mass is 477 g/mol. The van der Waals surface area contributed by atoms with Crippen LogP contribution in [0.4, 0.5) is 10.9 Å². The Morgan fingerprint density at radius 2 is 1.84 bits per heavy atom. The van der Waals surface area contributed by atoms with Gasteiger partial charge in [0.1, 0.15) is 25.2 Å². The molecule has 0 radical (unpaired) electrons. The van der Waals surface area contributed by atoms with E-state index in [0.29, 0.717) is 25.5 Å². The van der Waals surface area contributed by atoms with Crippen molar-refractivity contribution in [1.29, 1.82) is 0 Å². The van der Waals surface area contributed by atoms with Gasteiger partial charge >= 0.3 is 11.9 Å². The third-order valence-electron chi connectivity index (χ3n) is 4.32. The van der Waals surface area contributed by atoms with E-state index in [0.717, 1.165) is 14.7 Å². The Hall–Kier alpha value is -2.83. The van der Waals surface area contributed by atoms with E-state index in [-0.39, 0.29) is 24.9 Å². The summed E-state index contributed by atoms with van der Waals surface area (Å²) in [5.74, 6) is -0.392. The summed E-state index contributed by atoms with van der Waals surface area (Å²) in [6.07, 6.45) is 0. The zero-order valence-electron chi connectivity index (χ0n) is 17.2. The molecule has 4 rings (SSSR count). The number of thiophene rings is 2. The summed E-state index contributed by atoms with van der Waals surface area (Å²) in [5.41, 5.74) is 6.78. The van der Waals surface area contributed by atoms with E-state index in [1.165, 1.54) is 34.0 Å². The van der Waals surface area contributed by atoms with Crippen LogP contribution < -0.4 is 10.6 Å². The molecule has 0 amide bonds. The maximum absolute atomic E-state index is 12.5. The third kappa shape index (κ3) is 4.05. The molecule has 0 bridgehead atoms. The molecule has 0 unspecified atom stereocenters. The average Bonchev–Trinajstić information content (AvgIpc) is 3.38. The molecule has 4 heterocycles. The number of hydrogen-bond donors (Lipinski definition) is 1. The van der Waals surface area contributed by atoms with Gasteiger partial charge in [0.2, 0.25) is 0 Å². The van der Waals surface area contributed by atoms with E-state index < -0.39 is 11.9 Å². The van der Waals surface area contributed by atoms with Crippen molar-refractivity contribution in [3.63, 3.8) is 0 Å². The van der Waals surface area contributed by atoms with Gasteiger partial charge in [-0.1, -0.05) is 11.3 Å².